The highest BCUT2D eigenvalue weighted by Gasteiger charge is 2.22. The fraction of sp³-hybridized carbons (Fsp3) is 0.545. The van der Waals surface area contributed by atoms with Gasteiger partial charge in [-0.15, -0.1) is 11.3 Å². The summed E-state index contributed by atoms with van der Waals surface area (Å²) in [6.45, 7) is 4.76. The van der Waals surface area contributed by atoms with Crippen LogP contribution in [0.5, 0.6) is 0 Å². The summed E-state index contributed by atoms with van der Waals surface area (Å²) < 4.78 is 0. The predicted molar refractivity (Wildman–Crippen MR) is 62.1 cm³/mol. The van der Waals surface area contributed by atoms with Crippen molar-refractivity contribution in [2.75, 3.05) is 19.6 Å². The number of thiophene rings is 1. The highest BCUT2D eigenvalue weighted by molar-refractivity contribution is 7.10. The van der Waals surface area contributed by atoms with Crippen molar-refractivity contribution < 1.29 is 4.79 Å². The summed E-state index contributed by atoms with van der Waals surface area (Å²) in [7, 11) is 0. The Bertz CT molecular complexity index is 323. The van der Waals surface area contributed by atoms with Crippen molar-refractivity contribution in [1.82, 2.24) is 10.2 Å². The second-order valence-electron chi connectivity index (χ2n) is 3.90. The molecule has 1 N–H and O–H groups in total. The Morgan fingerprint density at radius 3 is 3.27 bits per heavy atom. The van der Waals surface area contributed by atoms with E-state index in [2.05, 4.69) is 12.2 Å². The van der Waals surface area contributed by atoms with E-state index < -0.39 is 0 Å². The third-order valence-electron chi connectivity index (χ3n) is 2.73. The van der Waals surface area contributed by atoms with Gasteiger partial charge >= 0.3 is 0 Å². The lowest BCUT2D eigenvalue weighted by molar-refractivity contribution is -0.133. The molecule has 2 heterocycles. The van der Waals surface area contributed by atoms with E-state index in [9.17, 15) is 4.79 Å². The van der Waals surface area contributed by atoms with Crippen LogP contribution >= 0.6 is 11.3 Å². The highest BCUT2D eigenvalue weighted by atomic mass is 32.1. The molecule has 1 aromatic heterocycles. The Labute approximate surface area is 94.1 Å². The van der Waals surface area contributed by atoms with Gasteiger partial charge in [-0.3, -0.25) is 4.79 Å². The second-order valence-corrected chi connectivity index (χ2v) is 4.93. The minimum atomic E-state index is 0.256. The van der Waals surface area contributed by atoms with Crippen LogP contribution in [0.15, 0.2) is 17.5 Å². The van der Waals surface area contributed by atoms with Gasteiger partial charge in [-0.2, -0.15) is 0 Å². The average molecular weight is 224 g/mol. The van der Waals surface area contributed by atoms with E-state index in [4.69, 9.17) is 0 Å². The van der Waals surface area contributed by atoms with Crippen LogP contribution in [-0.4, -0.2) is 36.5 Å². The molecule has 2 rings (SSSR count). The number of nitrogens with one attached hydrogen (secondary N) is 1. The normalized spacial score (nSPS) is 21.7. The van der Waals surface area contributed by atoms with Gasteiger partial charge in [0.2, 0.25) is 5.91 Å². The Morgan fingerprint density at radius 2 is 2.60 bits per heavy atom. The minimum Gasteiger partial charge on any atom is -0.337 e. The molecule has 1 atom stereocenters. The third-order valence-corrected chi connectivity index (χ3v) is 3.60. The van der Waals surface area contributed by atoms with E-state index in [1.165, 1.54) is 0 Å². The molecule has 4 heteroatoms. The fourth-order valence-corrected chi connectivity index (χ4v) is 2.57. The number of nitrogens with zero attached hydrogens (tertiary/aromatic N) is 1. The number of carbonyl (C=O) groups is 1. The van der Waals surface area contributed by atoms with Crippen LogP contribution in [0.25, 0.3) is 0 Å². The molecule has 3 nitrogen and oxygen atoms in total. The van der Waals surface area contributed by atoms with Crippen LogP contribution in [0.4, 0.5) is 0 Å². The molecule has 0 aliphatic carbocycles. The minimum absolute atomic E-state index is 0.256. The lowest BCUT2D eigenvalue weighted by Gasteiger charge is -2.34. The smallest absolute Gasteiger partial charge is 0.228 e. The van der Waals surface area contributed by atoms with Gasteiger partial charge in [0.05, 0.1) is 6.42 Å². The van der Waals surface area contributed by atoms with Crippen molar-refractivity contribution in [1.29, 1.82) is 0 Å². The Balaban J connectivity index is 1.95. The first kappa shape index (κ1) is 10.6. The van der Waals surface area contributed by atoms with Gasteiger partial charge in [0.1, 0.15) is 0 Å². The maximum Gasteiger partial charge on any atom is 0.228 e. The molecule has 0 bridgehead atoms. The summed E-state index contributed by atoms with van der Waals surface area (Å²) in [6, 6.07) is 4.34. The molecule has 0 spiro atoms. The first-order chi connectivity index (χ1) is 7.27. The van der Waals surface area contributed by atoms with Crippen LogP contribution in [-0.2, 0) is 11.2 Å². The number of hydrogen-bond donors (Lipinski definition) is 1. The molecule has 0 saturated carbocycles. The Kier molecular flexibility index (Phi) is 3.38. The van der Waals surface area contributed by atoms with Crippen LogP contribution in [0.1, 0.15) is 11.8 Å². The molecule has 1 fully saturated rings. The summed E-state index contributed by atoms with van der Waals surface area (Å²) >= 11 is 1.65. The lowest BCUT2D eigenvalue weighted by Crippen LogP contribution is -2.52. The zero-order chi connectivity index (χ0) is 10.7. The fourth-order valence-electron chi connectivity index (χ4n) is 1.88. The SMILES string of the molecule is C[C@@H]1CNCCN1C(=O)Cc1cccs1. The van der Waals surface area contributed by atoms with E-state index in [1.807, 2.05) is 22.4 Å². The zero-order valence-corrected chi connectivity index (χ0v) is 9.72. The predicted octanol–water partition coefficient (Wildman–Crippen LogP) is 1.11. The Morgan fingerprint density at radius 1 is 1.73 bits per heavy atom. The van der Waals surface area contributed by atoms with Crippen LogP contribution in [0.2, 0.25) is 0 Å². The molecule has 15 heavy (non-hydrogen) atoms. The van der Waals surface area contributed by atoms with Gasteiger partial charge in [0, 0.05) is 30.6 Å². The molecular formula is C11H16N2OS. The lowest BCUT2D eigenvalue weighted by atomic mass is 10.2. The molecule has 0 unspecified atom stereocenters. The molecule has 1 saturated heterocycles. The van der Waals surface area contributed by atoms with E-state index in [1.54, 1.807) is 11.3 Å². The Hall–Kier alpha value is -0.870. The highest BCUT2D eigenvalue weighted by Crippen LogP contribution is 2.12. The van der Waals surface area contributed by atoms with Crippen molar-refractivity contribution in [2.45, 2.75) is 19.4 Å². The monoisotopic (exact) mass is 224 g/mol. The van der Waals surface area contributed by atoms with Crippen LogP contribution in [0.3, 0.4) is 0 Å². The molecule has 1 aliphatic heterocycles. The zero-order valence-electron chi connectivity index (χ0n) is 8.90. The first-order valence-corrected chi connectivity index (χ1v) is 6.18. The van der Waals surface area contributed by atoms with Crippen LogP contribution < -0.4 is 5.32 Å². The molecule has 0 radical (unpaired) electrons. The molecule has 1 amide bonds. The van der Waals surface area contributed by atoms with Gasteiger partial charge in [0.25, 0.3) is 0 Å². The van der Waals surface area contributed by atoms with Gasteiger partial charge in [-0.05, 0) is 18.4 Å². The maximum atomic E-state index is 12.0. The summed E-state index contributed by atoms with van der Waals surface area (Å²) in [5, 5.41) is 5.30. The summed E-state index contributed by atoms with van der Waals surface area (Å²) in [5.41, 5.74) is 0. The number of rotatable bonds is 2. The summed E-state index contributed by atoms with van der Waals surface area (Å²) in [5.74, 6) is 0.256. The van der Waals surface area contributed by atoms with Crippen molar-refractivity contribution in [3.8, 4) is 0 Å². The van der Waals surface area contributed by atoms with Crippen molar-refractivity contribution >= 4 is 17.2 Å². The van der Waals surface area contributed by atoms with E-state index in [0.717, 1.165) is 24.5 Å². The number of amides is 1. The van der Waals surface area contributed by atoms with E-state index in [0.29, 0.717) is 12.5 Å². The number of hydrogen-bond acceptors (Lipinski definition) is 3. The third kappa shape index (κ3) is 2.58. The quantitative estimate of drug-likeness (QED) is 0.816. The first-order valence-electron chi connectivity index (χ1n) is 5.30. The maximum absolute atomic E-state index is 12.0. The van der Waals surface area contributed by atoms with Crippen molar-refractivity contribution in [3.05, 3.63) is 22.4 Å². The number of carbonyl (C=O) groups excluding carboxylic acids is 1. The summed E-state index contributed by atoms with van der Waals surface area (Å²) in [6.07, 6.45) is 0.558. The van der Waals surface area contributed by atoms with Gasteiger partial charge in [0.15, 0.2) is 0 Å². The molecule has 1 aliphatic rings. The molecule has 82 valence electrons. The second kappa shape index (κ2) is 4.77. The topological polar surface area (TPSA) is 32.3 Å². The van der Waals surface area contributed by atoms with Gasteiger partial charge in [-0.1, -0.05) is 6.07 Å². The van der Waals surface area contributed by atoms with Gasteiger partial charge in [-0.25, -0.2) is 0 Å². The van der Waals surface area contributed by atoms with E-state index in [-0.39, 0.29) is 5.91 Å². The number of piperazine rings is 1. The standard InChI is InChI=1S/C11H16N2OS/c1-9-8-12-4-5-13(9)11(14)7-10-3-2-6-15-10/h2-3,6,9,12H,4-5,7-8H2,1H3/t9-/m1/s1. The largest absolute Gasteiger partial charge is 0.337 e. The molecule has 1 aromatic rings. The summed E-state index contributed by atoms with van der Waals surface area (Å²) in [4.78, 5) is 15.1. The van der Waals surface area contributed by atoms with E-state index >= 15 is 0 Å². The average Bonchev–Trinajstić information content (AvgIpc) is 2.71. The van der Waals surface area contributed by atoms with Crippen LogP contribution in [0, 0.1) is 0 Å². The molecular weight excluding hydrogens is 208 g/mol. The van der Waals surface area contributed by atoms with Crippen molar-refractivity contribution in [2.24, 2.45) is 0 Å². The van der Waals surface area contributed by atoms with Gasteiger partial charge < -0.3 is 10.2 Å². The molecule has 0 aromatic carbocycles. The van der Waals surface area contributed by atoms with Crippen molar-refractivity contribution in [3.63, 3.8) is 0 Å².